The largest absolute Gasteiger partial charge is 0.743 e. The van der Waals surface area contributed by atoms with E-state index in [9.17, 15) is 56.9 Å². The van der Waals surface area contributed by atoms with E-state index in [0.717, 1.165) is 26.8 Å². The van der Waals surface area contributed by atoms with E-state index in [2.05, 4.69) is 0 Å². The molecule has 0 saturated heterocycles. The summed E-state index contributed by atoms with van der Waals surface area (Å²) >= 11 is 0. The van der Waals surface area contributed by atoms with Crippen molar-refractivity contribution in [2.45, 2.75) is 38.2 Å². The van der Waals surface area contributed by atoms with Crippen LogP contribution in [0.5, 0.6) is 0 Å². The lowest BCUT2D eigenvalue weighted by molar-refractivity contribution is -0.333. The molecule has 0 radical (unpaired) electrons. The third-order valence-corrected chi connectivity index (χ3v) is 7.53. The Morgan fingerprint density at radius 3 is 1.19 bits per heavy atom. The molecule has 0 heterocycles. The van der Waals surface area contributed by atoms with Crippen LogP contribution in [-0.4, -0.2) is 30.3 Å². The molecule has 0 spiro atoms. The molecular formula is C22H14F10O3S2. The molecular weight excluding hydrogens is 566 g/mol. The maximum Gasteiger partial charge on any atom is 0.461 e. The molecule has 15 heteroatoms. The molecule has 0 bridgehead atoms. The Morgan fingerprint density at radius 2 is 0.919 bits per heavy atom. The second-order valence-corrected chi connectivity index (χ2v) is 10.4. The van der Waals surface area contributed by atoms with Gasteiger partial charge in [-0.1, -0.05) is 36.4 Å². The highest BCUT2D eigenvalue weighted by molar-refractivity contribution is 7.97. The molecule has 0 aliphatic heterocycles. The van der Waals surface area contributed by atoms with Crippen molar-refractivity contribution in [3.63, 3.8) is 0 Å². The molecule has 0 saturated carbocycles. The fraction of sp³-hybridized carbons (Fsp3) is 0.182. The topological polar surface area (TPSA) is 57.2 Å². The number of hydrogen-bond acceptors (Lipinski definition) is 3. The van der Waals surface area contributed by atoms with Crippen molar-refractivity contribution in [1.82, 2.24) is 0 Å². The highest BCUT2D eigenvalue weighted by Crippen LogP contribution is 2.48. The number of rotatable bonds is 5. The monoisotopic (exact) mass is 580 g/mol. The van der Waals surface area contributed by atoms with Crippen LogP contribution >= 0.6 is 0 Å². The van der Waals surface area contributed by atoms with Crippen LogP contribution < -0.4 is 0 Å². The summed E-state index contributed by atoms with van der Waals surface area (Å²) in [6, 6.07) is 25.1. The van der Waals surface area contributed by atoms with Gasteiger partial charge in [-0.25, -0.2) is 8.42 Å². The Balaban J connectivity index is 0.000000298. The molecule has 0 unspecified atom stereocenters. The van der Waals surface area contributed by atoms with E-state index in [1.54, 1.807) is 12.1 Å². The Kier molecular flexibility index (Phi) is 8.98. The van der Waals surface area contributed by atoms with Crippen molar-refractivity contribution in [2.24, 2.45) is 0 Å². The van der Waals surface area contributed by atoms with Crippen LogP contribution in [0.25, 0.3) is 0 Å². The van der Waals surface area contributed by atoms with Crippen LogP contribution in [0.2, 0.25) is 0 Å². The van der Waals surface area contributed by atoms with Gasteiger partial charge in [0.25, 0.3) is 0 Å². The minimum Gasteiger partial charge on any atom is -0.743 e. The van der Waals surface area contributed by atoms with E-state index in [-0.39, 0.29) is 0 Å². The predicted octanol–water partition coefficient (Wildman–Crippen LogP) is 7.12. The number of alkyl halides is 10. The summed E-state index contributed by atoms with van der Waals surface area (Å²) in [6.45, 7) is 0. The minimum absolute atomic E-state index is 0.417. The summed E-state index contributed by atoms with van der Waals surface area (Å²) in [4.78, 5) is 3.03. The first-order valence-electron chi connectivity index (χ1n) is 9.60. The van der Waals surface area contributed by atoms with E-state index >= 15 is 0 Å². The zero-order valence-electron chi connectivity index (χ0n) is 17.9. The zero-order valence-corrected chi connectivity index (χ0v) is 19.5. The Bertz CT molecular complexity index is 1220. The maximum absolute atomic E-state index is 12.8. The van der Waals surface area contributed by atoms with Crippen molar-refractivity contribution >= 4 is 21.0 Å². The molecule has 0 N–H and O–H groups in total. The van der Waals surface area contributed by atoms with E-state index in [4.69, 9.17) is 0 Å². The Hall–Kier alpha value is -2.78. The van der Waals surface area contributed by atoms with Gasteiger partial charge in [0.1, 0.15) is 0 Å². The molecule has 202 valence electrons. The SMILES string of the molecule is FC(F)(F)c1ccc([S+](c2ccccc2)c2ccccc2)cc1.O=S(=O)([O-])C(F)(F)C(F)(F)C(F)(F)F. The van der Waals surface area contributed by atoms with Crippen molar-refractivity contribution in [3.05, 3.63) is 90.5 Å². The lowest BCUT2D eigenvalue weighted by atomic mass is 10.2. The Labute approximate surface area is 206 Å². The van der Waals surface area contributed by atoms with Crippen LogP contribution in [0.4, 0.5) is 43.9 Å². The van der Waals surface area contributed by atoms with Crippen molar-refractivity contribution < 1.29 is 56.9 Å². The highest BCUT2D eigenvalue weighted by Gasteiger charge is 2.76. The molecule has 0 fully saturated rings. The summed E-state index contributed by atoms with van der Waals surface area (Å²) in [6.07, 6.45) is -11.1. The van der Waals surface area contributed by atoms with Gasteiger partial charge in [0.15, 0.2) is 24.8 Å². The fourth-order valence-corrected chi connectivity index (χ4v) is 5.14. The van der Waals surface area contributed by atoms with Crippen LogP contribution in [-0.2, 0) is 27.2 Å². The first kappa shape index (κ1) is 30.4. The fourth-order valence-electron chi connectivity index (χ4n) is 2.62. The second kappa shape index (κ2) is 10.9. The van der Waals surface area contributed by atoms with Crippen LogP contribution in [0, 0.1) is 0 Å². The molecule has 0 amide bonds. The zero-order chi connectivity index (χ0) is 28.3. The molecule has 3 rings (SSSR count). The number of hydrogen-bond donors (Lipinski definition) is 0. The second-order valence-electron chi connectivity index (χ2n) is 7.00. The number of benzene rings is 3. The first-order valence-corrected chi connectivity index (χ1v) is 12.2. The van der Waals surface area contributed by atoms with Crippen molar-refractivity contribution in [3.8, 4) is 0 Å². The molecule has 0 aliphatic rings. The lowest BCUT2D eigenvalue weighted by Gasteiger charge is -2.29. The lowest BCUT2D eigenvalue weighted by Crippen LogP contribution is -2.55. The van der Waals surface area contributed by atoms with Gasteiger partial charge < -0.3 is 4.55 Å². The molecule has 0 atom stereocenters. The molecule has 3 nitrogen and oxygen atoms in total. The van der Waals surface area contributed by atoms with Gasteiger partial charge in [-0.05, 0) is 48.5 Å². The van der Waals surface area contributed by atoms with E-state index in [1.807, 2.05) is 60.7 Å². The standard InChI is InChI=1S/C19H14F3S.C3HF7O3S/c20-19(21,22)15-11-13-18(14-12-15)23(16-7-3-1-4-8-16)17-9-5-2-6-10-17;4-1(5,2(6,7)8)3(9,10)14(11,12)13/h1-14H;(H,11,12,13)/q+1;/p-1. The normalized spacial score (nSPS) is 13.2. The van der Waals surface area contributed by atoms with Gasteiger partial charge in [-0.3, -0.25) is 0 Å². The van der Waals surface area contributed by atoms with E-state index in [1.165, 1.54) is 0 Å². The minimum atomic E-state index is -7.10. The van der Waals surface area contributed by atoms with Gasteiger partial charge in [0.05, 0.1) is 16.5 Å². The quantitative estimate of drug-likeness (QED) is 0.184. The van der Waals surface area contributed by atoms with Gasteiger partial charge in [0.2, 0.25) is 0 Å². The van der Waals surface area contributed by atoms with Crippen molar-refractivity contribution in [1.29, 1.82) is 0 Å². The first-order chi connectivity index (χ1) is 16.8. The van der Waals surface area contributed by atoms with Crippen LogP contribution in [0.1, 0.15) is 5.56 Å². The molecule has 3 aromatic rings. The van der Waals surface area contributed by atoms with Gasteiger partial charge in [0, 0.05) is 0 Å². The summed E-state index contributed by atoms with van der Waals surface area (Å²) in [5.41, 5.74) is -0.620. The van der Waals surface area contributed by atoms with Crippen LogP contribution in [0.3, 0.4) is 0 Å². The molecule has 3 aromatic carbocycles. The molecule has 0 aliphatic carbocycles. The predicted molar refractivity (Wildman–Crippen MR) is 112 cm³/mol. The average Bonchev–Trinajstić information content (AvgIpc) is 2.79. The summed E-state index contributed by atoms with van der Waals surface area (Å²) in [7, 11) is -7.51. The van der Waals surface area contributed by atoms with Gasteiger partial charge in [-0.2, -0.15) is 43.9 Å². The maximum atomic E-state index is 12.8. The summed E-state index contributed by atoms with van der Waals surface area (Å²) < 4.78 is 148. The van der Waals surface area contributed by atoms with Crippen LogP contribution in [0.15, 0.2) is 99.6 Å². The third kappa shape index (κ3) is 6.96. The smallest absolute Gasteiger partial charge is 0.461 e. The van der Waals surface area contributed by atoms with Crippen molar-refractivity contribution in [2.75, 3.05) is 0 Å². The highest BCUT2D eigenvalue weighted by atomic mass is 32.2. The average molecular weight is 580 g/mol. The van der Waals surface area contributed by atoms with E-state index in [0.29, 0.717) is 0 Å². The third-order valence-electron chi connectivity index (χ3n) is 4.41. The molecule has 0 aromatic heterocycles. The summed E-state index contributed by atoms with van der Waals surface area (Å²) in [5, 5.41) is -6.72. The van der Waals surface area contributed by atoms with Gasteiger partial charge in [-0.15, -0.1) is 0 Å². The van der Waals surface area contributed by atoms with Gasteiger partial charge >= 0.3 is 23.5 Å². The van der Waals surface area contributed by atoms with E-state index < -0.39 is 50.1 Å². The number of halogens is 10. The summed E-state index contributed by atoms with van der Waals surface area (Å²) in [5.74, 6) is -6.92. The molecule has 37 heavy (non-hydrogen) atoms. The Morgan fingerprint density at radius 1 is 0.568 bits per heavy atom.